The molecule has 0 N–H and O–H groups in total. The molecule has 130 valence electrons. The largest absolute Gasteiger partial charge is 0.331 e. The van der Waals surface area contributed by atoms with Crippen LogP contribution >= 0.6 is 0 Å². The van der Waals surface area contributed by atoms with Gasteiger partial charge in [0.15, 0.2) is 5.82 Å². The summed E-state index contributed by atoms with van der Waals surface area (Å²) in [6.07, 6.45) is 12.7. The zero-order valence-corrected chi connectivity index (χ0v) is 14.7. The van der Waals surface area contributed by atoms with Gasteiger partial charge < -0.3 is 9.47 Å². The molecule has 4 rings (SSSR count). The minimum Gasteiger partial charge on any atom is -0.331 e. The van der Waals surface area contributed by atoms with E-state index in [0.29, 0.717) is 12.3 Å². The minimum absolute atomic E-state index is 0.0399. The molecule has 1 saturated carbocycles. The molecule has 1 atom stereocenters. The second-order valence-corrected chi connectivity index (χ2v) is 7.60. The van der Waals surface area contributed by atoms with Gasteiger partial charge in [0, 0.05) is 25.4 Å². The van der Waals surface area contributed by atoms with Crippen LogP contribution in [0.2, 0.25) is 0 Å². The van der Waals surface area contributed by atoms with Crippen molar-refractivity contribution in [2.24, 2.45) is 0 Å². The molecule has 5 heteroatoms. The van der Waals surface area contributed by atoms with E-state index in [1.165, 1.54) is 44.1 Å². The van der Waals surface area contributed by atoms with Crippen molar-refractivity contribution < 1.29 is 4.79 Å². The van der Waals surface area contributed by atoms with E-state index >= 15 is 0 Å². The highest BCUT2D eigenvalue weighted by Gasteiger charge is 2.33. The van der Waals surface area contributed by atoms with Crippen LogP contribution in [0.3, 0.4) is 0 Å². The number of allylic oxidation sites excluding steroid dienone is 1. The topological polar surface area (TPSA) is 51.0 Å². The highest BCUT2D eigenvalue weighted by molar-refractivity contribution is 5.79. The lowest BCUT2D eigenvalue weighted by Crippen LogP contribution is -2.41. The second kappa shape index (κ2) is 6.69. The summed E-state index contributed by atoms with van der Waals surface area (Å²) >= 11 is 0. The monoisotopic (exact) mass is 328 g/mol. The first kappa shape index (κ1) is 15.9. The number of aromatic nitrogens is 3. The van der Waals surface area contributed by atoms with Gasteiger partial charge in [0.25, 0.3) is 0 Å². The van der Waals surface area contributed by atoms with Gasteiger partial charge in [-0.3, -0.25) is 4.79 Å². The Morgan fingerprint density at radius 3 is 2.67 bits per heavy atom. The van der Waals surface area contributed by atoms with Gasteiger partial charge in [-0.15, -0.1) is 10.2 Å². The third-order valence-electron chi connectivity index (χ3n) is 6.02. The standard InChI is InChI=1S/C19H28N4O/c1-14-18-20-21-19(16-9-5-6-10-16)23(18)12-11-22(14)17(24)13-15-7-3-2-4-8-15/h7,14,16H,2-6,8-13H2,1H3. The van der Waals surface area contributed by atoms with E-state index in [1.54, 1.807) is 0 Å². The van der Waals surface area contributed by atoms with Gasteiger partial charge in [-0.05, 0) is 45.4 Å². The maximum atomic E-state index is 12.8. The molecule has 24 heavy (non-hydrogen) atoms. The van der Waals surface area contributed by atoms with Crippen molar-refractivity contribution in [1.29, 1.82) is 0 Å². The Labute approximate surface area is 144 Å². The van der Waals surface area contributed by atoms with Crippen LogP contribution < -0.4 is 0 Å². The summed E-state index contributed by atoms with van der Waals surface area (Å²) in [6.45, 7) is 3.74. The molecule has 0 bridgehead atoms. The molecule has 2 aliphatic carbocycles. The molecule has 1 aromatic heterocycles. The van der Waals surface area contributed by atoms with E-state index in [2.05, 4.69) is 27.8 Å². The van der Waals surface area contributed by atoms with Crippen molar-refractivity contribution in [2.75, 3.05) is 6.54 Å². The quantitative estimate of drug-likeness (QED) is 0.794. The lowest BCUT2D eigenvalue weighted by atomic mass is 9.96. The highest BCUT2D eigenvalue weighted by Crippen LogP contribution is 2.36. The van der Waals surface area contributed by atoms with E-state index in [-0.39, 0.29) is 11.9 Å². The normalized spacial score (nSPS) is 24.8. The van der Waals surface area contributed by atoms with Crippen LogP contribution in [0, 0.1) is 0 Å². The predicted octanol–water partition coefficient (Wildman–Crippen LogP) is 3.73. The van der Waals surface area contributed by atoms with Gasteiger partial charge in [0.05, 0.1) is 6.04 Å². The van der Waals surface area contributed by atoms with Gasteiger partial charge in [0.1, 0.15) is 5.82 Å². The fraction of sp³-hybridized carbons (Fsp3) is 0.737. The first-order valence-electron chi connectivity index (χ1n) is 9.64. The first-order chi connectivity index (χ1) is 11.7. The number of rotatable bonds is 3. The average molecular weight is 328 g/mol. The van der Waals surface area contributed by atoms with E-state index in [4.69, 9.17) is 0 Å². The fourth-order valence-corrected chi connectivity index (χ4v) is 4.59. The number of amides is 1. The molecular weight excluding hydrogens is 300 g/mol. The van der Waals surface area contributed by atoms with Crippen LogP contribution in [0.1, 0.15) is 88.3 Å². The Balaban J connectivity index is 1.48. The van der Waals surface area contributed by atoms with E-state index < -0.39 is 0 Å². The molecule has 1 fully saturated rings. The summed E-state index contributed by atoms with van der Waals surface area (Å²) in [5.41, 5.74) is 1.33. The lowest BCUT2D eigenvalue weighted by Gasteiger charge is -2.34. The number of fused-ring (bicyclic) bond motifs is 1. The zero-order chi connectivity index (χ0) is 16.5. The Morgan fingerprint density at radius 1 is 1.12 bits per heavy atom. The molecular formula is C19H28N4O. The number of carbonyl (C=O) groups is 1. The predicted molar refractivity (Wildman–Crippen MR) is 92.5 cm³/mol. The van der Waals surface area contributed by atoms with Crippen LogP contribution in [-0.2, 0) is 11.3 Å². The molecule has 5 nitrogen and oxygen atoms in total. The summed E-state index contributed by atoms with van der Waals surface area (Å²) in [5, 5.41) is 8.97. The Hall–Kier alpha value is -1.65. The van der Waals surface area contributed by atoms with Gasteiger partial charge in [0.2, 0.25) is 5.91 Å². The van der Waals surface area contributed by atoms with Gasteiger partial charge >= 0.3 is 0 Å². The van der Waals surface area contributed by atoms with Crippen molar-refractivity contribution in [3.63, 3.8) is 0 Å². The summed E-state index contributed by atoms with van der Waals surface area (Å²) in [7, 11) is 0. The summed E-state index contributed by atoms with van der Waals surface area (Å²) in [6, 6.07) is 0.0399. The molecule has 1 unspecified atom stereocenters. The highest BCUT2D eigenvalue weighted by atomic mass is 16.2. The van der Waals surface area contributed by atoms with Gasteiger partial charge in [-0.25, -0.2) is 0 Å². The Bertz CT molecular complexity index is 642. The van der Waals surface area contributed by atoms with E-state index in [9.17, 15) is 4.79 Å². The van der Waals surface area contributed by atoms with Crippen LogP contribution in [0.15, 0.2) is 11.6 Å². The lowest BCUT2D eigenvalue weighted by molar-refractivity contribution is -0.133. The molecule has 0 saturated heterocycles. The third kappa shape index (κ3) is 2.89. The van der Waals surface area contributed by atoms with Gasteiger partial charge in [-0.1, -0.05) is 24.5 Å². The number of hydrogen-bond acceptors (Lipinski definition) is 3. The molecule has 0 aromatic carbocycles. The van der Waals surface area contributed by atoms with Crippen LogP contribution in [-0.4, -0.2) is 32.1 Å². The molecule has 1 aromatic rings. The maximum absolute atomic E-state index is 12.8. The number of hydrogen-bond donors (Lipinski definition) is 0. The fourth-order valence-electron chi connectivity index (χ4n) is 4.59. The maximum Gasteiger partial charge on any atom is 0.227 e. The van der Waals surface area contributed by atoms with Crippen molar-refractivity contribution in [1.82, 2.24) is 19.7 Å². The van der Waals surface area contributed by atoms with Crippen molar-refractivity contribution >= 4 is 5.91 Å². The molecule has 2 heterocycles. The number of carbonyl (C=O) groups excluding carboxylic acids is 1. The smallest absolute Gasteiger partial charge is 0.227 e. The van der Waals surface area contributed by atoms with Crippen LogP contribution in [0.25, 0.3) is 0 Å². The van der Waals surface area contributed by atoms with Crippen LogP contribution in [0.4, 0.5) is 0 Å². The molecule has 3 aliphatic rings. The average Bonchev–Trinajstić information content (AvgIpc) is 3.25. The SMILES string of the molecule is CC1c2nnc(C3CCCC3)n2CCN1C(=O)CC1=CCCCC1. The zero-order valence-electron chi connectivity index (χ0n) is 14.7. The summed E-state index contributed by atoms with van der Waals surface area (Å²) < 4.78 is 2.30. The van der Waals surface area contributed by atoms with Gasteiger partial charge in [-0.2, -0.15) is 0 Å². The Kier molecular flexibility index (Phi) is 4.42. The number of nitrogens with zero attached hydrogens (tertiary/aromatic N) is 4. The van der Waals surface area contributed by atoms with Crippen molar-refractivity contribution in [3.8, 4) is 0 Å². The summed E-state index contributed by atoms with van der Waals surface area (Å²) in [4.78, 5) is 14.8. The minimum atomic E-state index is 0.0399. The van der Waals surface area contributed by atoms with Crippen molar-refractivity contribution in [3.05, 3.63) is 23.3 Å². The molecule has 0 spiro atoms. The van der Waals surface area contributed by atoms with Crippen LogP contribution in [0.5, 0.6) is 0 Å². The third-order valence-corrected chi connectivity index (χ3v) is 6.02. The first-order valence-corrected chi connectivity index (χ1v) is 9.64. The molecule has 0 radical (unpaired) electrons. The second-order valence-electron chi connectivity index (χ2n) is 7.60. The Morgan fingerprint density at radius 2 is 1.92 bits per heavy atom. The molecule has 1 aliphatic heterocycles. The van der Waals surface area contributed by atoms with Crippen molar-refractivity contribution in [2.45, 2.75) is 83.2 Å². The van der Waals surface area contributed by atoms with E-state index in [0.717, 1.165) is 37.6 Å². The molecule has 1 amide bonds. The summed E-state index contributed by atoms with van der Waals surface area (Å²) in [5.74, 6) is 2.98. The van der Waals surface area contributed by atoms with E-state index in [1.807, 2.05) is 4.90 Å².